The molecule has 0 spiro atoms. The molecule has 1 heterocycles. The summed E-state index contributed by atoms with van der Waals surface area (Å²) in [6.07, 6.45) is -4.08. The number of alkyl halides is 3. The van der Waals surface area contributed by atoms with Gasteiger partial charge in [0.1, 0.15) is 5.82 Å². The van der Waals surface area contributed by atoms with Gasteiger partial charge in [-0.15, -0.1) is 0 Å². The van der Waals surface area contributed by atoms with Crippen molar-refractivity contribution in [1.82, 2.24) is 10.3 Å². The number of hydrogen-bond acceptors (Lipinski definition) is 10. The van der Waals surface area contributed by atoms with Crippen LogP contribution in [0.4, 0.5) is 30.4 Å². The number of anilines is 3. The van der Waals surface area contributed by atoms with E-state index in [1.807, 2.05) is 0 Å². The number of aromatic nitrogens is 1. The maximum Gasteiger partial charge on any atom is 0.491 e. The smallest absolute Gasteiger partial charge is 0.491 e. The maximum absolute atomic E-state index is 14.0. The number of halogens is 3. The van der Waals surface area contributed by atoms with E-state index >= 15 is 0 Å². The van der Waals surface area contributed by atoms with Crippen LogP contribution in [0.3, 0.4) is 0 Å². The van der Waals surface area contributed by atoms with Crippen LogP contribution in [-0.4, -0.2) is 45.7 Å². The molecule has 1 unspecified atom stereocenters. The van der Waals surface area contributed by atoms with E-state index in [1.54, 1.807) is 6.07 Å². The molecule has 238 valence electrons. The Morgan fingerprint density at radius 3 is 2.33 bits per heavy atom. The molecule has 0 saturated carbocycles. The minimum atomic E-state index is -5.50. The summed E-state index contributed by atoms with van der Waals surface area (Å²) in [5.74, 6) is -3.53. The number of carbonyl (C=O) groups is 2. The lowest BCUT2D eigenvalue weighted by Gasteiger charge is -2.34. The molecule has 0 fully saturated rings. The fourth-order valence-corrected chi connectivity index (χ4v) is 4.80. The van der Waals surface area contributed by atoms with Crippen molar-refractivity contribution in [2.75, 3.05) is 30.0 Å². The molecule has 4 rings (SSSR count). The zero-order valence-electron chi connectivity index (χ0n) is 23.6. The van der Waals surface area contributed by atoms with Crippen molar-refractivity contribution in [1.29, 1.82) is 0 Å². The van der Waals surface area contributed by atoms with E-state index in [0.717, 1.165) is 0 Å². The molecule has 7 N–H and O–H groups in total. The third-order valence-electron chi connectivity index (χ3n) is 6.34. The largest absolute Gasteiger partial charge is 0.493 e. The molecule has 0 saturated heterocycles. The molecular weight excluding hydrogens is 621 g/mol. The van der Waals surface area contributed by atoms with Gasteiger partial charge in [0, 0.05) is 29.4 Å². The highest BCUT2D eigenvalue weighted by atomic mass is 32.2. The topological polar surface area (TPSA) is 197 Å². The second-order valence-corrected chi connectivity index (χ2v) is 10.7. The van der Waals surface area contributed by atoms with Gasteiger partial charge in [-0.2, -0.15) is 21.6 Å². The summed E-state index contributed by atoms with van der Waals surface area (Å²) in [7, 11) is -1.53. The molecule has 0 bridgehead atoms. The first-order valence-electron chi connectivity index (χ1n) is 12.8. The molecule has 0 aliphatic carbocycles. The number of methoxy groups -OCH3 is 2. The van der Waals surface area contributed by atoms with Crippen molar-refractivity contribution in [3.63, 3.8) is 0 Å². The Balaban J connectivity index is 1.85. The van der Waals surface area contributed by atoms with Crippen LogP contribution < -0.4 is 35.7 Å². The lowest BCUT2D eigenvalue weighted by atomic mass is 9.99. The fourth-order valence-electron chi connectivity index (χ4n) is 4.34. The Bertz CT molecular complexity index is 1860. The first kappa shape index (κ1) is 32.6. The monoisotopic (exact) mass is 648 g/mol. The van der Waals surface area contributed by atoms with Gasteiger partial charge in [0.2, 0.25) is 0 Å². The molecule has 13 nitrogen and oxygen atoms in total. The minimum absolute atomic E-state index is 0.0103. The van der Waals surface area contributed by atoms with Crippen LogP contribution in [0.2, 0.25) is 0 Å². The van der Waals surface area contributed by atoms with Crippen LogP contribution in [-0.2, 0) is 36.8 Å². The molecule has 0 radical (unpaired) electrons. The number of fused-ring (bicyclic) bond motifs is 1. The Morgan fingerprint density at radius 2 is 1.67 bits per heavy atom. The van der Waals surface area contributed by atoms with Gasteiger partial charge in [-0.1, -0.05) is 12.1 Å². The summed E-state index contributed by atoms with van der Waals surface area (Å²) in [5, 5.41) is 11.2. The predicted molar refractivity (Wildman–Crippen MR) is 158 cm³/mol. The van der Waals surface area contributed by atoms with Crippen LogP contribution in [0.5, 0.6) is 11.5 Å². The van der Waals surface area contributed by atoms with Crippen molar-refractivity contribution in [2.24, 2.45) is 5.14 Å². The Morgan fingerprint density at radius 1 is 0.933 bits per heavy atom. The highest BCUT2D eigenvalue weighted by Gasteiger charge is 2.52. The first-order valence-corrected chi connectivity index (χ1v) is 14.3. The number of ether oxygens (including phenoxy) is 3. The van der Waals surface area contributed by atoms with Crippen molar-refractivity contribution < 1.29 is 45.4 Å². The van der Waals surface area contributed by atoms with Crippen molar-refractivity contribution in [3.05, 3.63) is 84.1 Å². The normalized spacial score (nSPS) is 12.9. The van der Waals surface area contributed by atoms with Crippen molar-refractivity contribution >= 4 is 50.1 Å². The second kappa shape index (κ2) is 12.7. The number of pyridine rings is 1. The Hall–Kier alpha value is -5.29. The van der Waals surface area contributed by atoms with Gasteiger partial charge in [0.15, 0.2) is 11.5 Å². The van der Waals surface area contributed by atoms with Crippen LogP contribution in [0.15, 0.2) is 72.9 Å². The molecule has 0 aliphatic heterocycles. The molecule has 4 aromatic rings. The SMILES string of the molecule is COc1ccc(C(Nc2ccc3c(N)nccc3c2)(OC(=O)C(F)(F)F)C(=O)NCc2cccc(NS(N)(=O)=O)c2)cc1OC. The van der Waals surface area contributed by atoms with Gasteiger partial charge in [0.25, 0.3) is 21.8 Å². The van der Waals surface area contributed by atoms with Crippen molar-refractivity contribution in [3.8, 4) is 11.5 Å². The third-order valence-corrected chi connectivity index (χ3v) is 6.86. The van der Waals surface area contributed by atoms with E-state index in [0.29, 0.717) is 16.3 Å². The van der Waals surface area contributed by atoms with E-state index in [9.17, 15) is 31.2 Å². The summed E-state index contributed by atoms with van der Waals surface area (Å²) >= 11 is 0. The zero-order valence-corrected chi connectivity index (χ0v) is 24.5. The summed E-state index contributed by atoms with van der Waals surface area (Å²) in [6.45, 7) is -0.348. The molecule has 1 aromatic heterocycles. The van der Waals surface area contributed by atoms with E-state index in [4.69, 9.17) is 25.1 Å². The lowest BCUT2D eigenvalue weighted by molar-refractivity contribution is -0.213. The zero-order chi connectivity index (χ0) is 33.0. The molecule has 3 aromatic carbocycles. The van der Waals surface area contributed by atoms with Gasteiger partial charge in [-0.3, -0.25) is 9.52 Å². The molecule has 45 heavy (non-hydrogen) atoms. The number of carbonyl (C=O) groups excluding carboxylic acids is 2. The van der Waals surface area contributed by atoms with E-state index < -0.39 is 34.0 Å². The third kappa shape index (κ3) is 7.63. The highest BCUT2D eigenvalue weighted by molar-refractivity contribution is 7.90. The average molecular weight is 649 g/mol. The average Bonchev–Trinajstić information content (AvgIpc) is 2.98. The fraction of sp³-hybridized carbons (Fsp3) is 0.179. The molecule has 1 atom stereocenters. The number of hydrogen-bond donors (Lipinski definition) is 5. The number of esters is 1. The number of nitrogens with one attached hydrogen (secondary N) is 3. The van der Waals surface area contributed by atoms with E-state index in [2.05, 4.69) is 20.3 Å². The number of rotatable bonds is 11. The minimum Gasteiger partial charge on any atom is -0.493 e. The predicted octanol–water partition coefficient (Wildman–Crippen LogP) is 3.14. The molecule has 17 heteroatoms. The van der Waals surface area contributed by atoms with Gasteiger partial charge < -0.3 is 30.6 Å². The van der Waals surface area contributed by atoms with Gasteiger partial charge in [0.05, 0.1) is 19.9 Å². The van der Waals surface area contributed by atoms with E-state index in [1.165, 1.54) is 81.1 Å². The van der Waals surface area contributed by atoms with Crippen LogP contribution in [0.1, 0.15) is 11.1 Å². The summed E-state index contributed by atoms with van der Waals surface area (Å²) in [5.41, 5.74) is 3.24. The molecule has 0 aliphatic rings. The second-order valence-electron chi connectivity index (χ2n) is 9.43. The van der Waals surface area contributed by atoms with E-state index in [-0.39, 0.29) is 40.8 Å². The summed E-state index contributed by atoms with van der Waals surface area (Å²) in [6, 6.07) is 15.4. The molecular formula is C28H27F3N6O7S. The molecule has 1 amide bonds. The van der Waals surface area contributed by atoms with Gasteiger partial charge >= 0.3 is 12.1 Å². The summed E-state index contributed by atoms with van der Waals surface area (Å²) in [4.78, 5) is 30.4. The maximum atomic E-state index is 14.0. The number of amides is 1. The van der Waals surface area contributed by atoms with Crippen LogP contribution in [0.25, 0.3) is 10.8 Å². The number of nitrogens with two attached hydrogens (primary N) is 2. The van der Waals surface area contributed by atoms with Crippen LogP contribution >= 0.6 is 0 Å². The Kier molecular flexibility index (Phi) is 9.24. The number of benzene rings is 3. The quantitative estimate of drug-likeness (QED) is 0.119. The van der Waals surface area contributed by atoms with Gasteiger partial charge in [-0.25, -0.2) is 14.9 Å². The number of nitrogen functional groups attached to an aromatic ring is 1. The first-order chi connectivity index (χ1) is 21.1. The standard InChI is InChI=1S/C28H27F3N6O7S/c1-42-22-9-6-18(14-23(22)43-2)27(44-26(39)28(29,30)31,36-19-7-8-21-17(13-19)10-11-34-24(21)32)25(38)35-15-16-4-3-5-20(12-16)37-45(33,40)41/h3-14,36-37H,15H2,1-2H3,(H2,32,34)(H,35,38)(H2,33,40,41). The van der Waals surface area contributed by atoms with Crippen molar-refractivity contribution in [2.45, 2.75) is 18.4 Å². The highest BCUT2D eigenvalue weighted by Crippen LogP contribution is 2.38. The summed E-state index contributed by atoms with van der Waals surface area (Å²) < 4.78 is 81.5. The Labute approximate surface area is 254 Å². The van der Waals surface area contributed by atoms with Gasteiger partial charge in [-0.05, 0) is 65.5 Å². The van der Waals surface area contributed by atoms with Crippen LogP contribution in [0, 0.1) is 0 Å². The lowest BCUT2D eigenvalue weighted by Crippen LogP contribution is -2.54. The number of nitrogens with zero attached hydrogens (tertiary/aromatic N) is 1.